The van der Waals surface area contributed by atoms with Crippen LogP contribution in [0.2, 0.25) is 0 Å². The quantitative estimate of drug-likeness (QED) is 0.687. The molecule has 1 heterocycles. The second kappa shape index (κ2) is 8.57. The van der Waals surface area contributed by atoms with Crippen molar-refractivity contribution in [1.82, 2.24) is 14.9 Å². The molecule has 6 nitrogen and oxygen atoms in total. The molecule has 2 aromatic rings. The third kappa shape index (κ3) is 4.99. The van der Waals surface area contributed by atoms with E-state index in [9.17, 15) is 9.59 Å². The summed E-state index contributed by atoms with van der Waals surface area (Å²) in [6.45, 7) is 0.728. The van der Waals surface area contributed by atoms with Crippen molar-refractivity contribution in [3.05, 3.63) is 30.1 Å². The Morgan fingerprint density at radius 1 is 1.30 bits per heavy atom. The number of carbonyl (C=O) groups is 2. The topological polar surface area (TPSA) is 84.2 Å². The fourth-order valence-electron chi connectivity index (χ4n) is 2.37. The molecular formula is C16H21N3O3S. The Balaban J connectivity index is 1.96. The second-order valence-corrected chi connectivity index (χ2v) is 6.10. The maximum absolute atomic E-state index is 12.1. The van der Waals surface area contributed by atoms with Crippen LogP contribution in [-0.4, -0.2) is 39.3 Å². The Morgan fingerprint density at radius 3 is 2.83 bits per heavy atom. The molecule has 2 N–H and O–H groups in total. The van der Waals surface area contributed by atoms with E-state index in [2.05, 4.69) is 10.3 Å². The van der Waals surface area contributed by atoms with E-state index >= 15 is 0 Å². The van der Waals surface area contributed by atoms with E-state index in [4.69, 9.17) is 5.11 Å². The lowest BCUT2D eigenvalue weighted by Crippen LogP contribution is -2.29. The summed E-state index contributed by atoms with van der Waals surface area (Å²) in [5.41, 5.74) is 1.85. The number of nitrogens with one attached hydrogen (secondary N) is 1. The fourth-order valence-corrected chi connectivity index (χ4v) is 2.85. The van der Waals surface area contributed by atoms with Gasteiger partial charge in [-0.1, -0.05) is 12.1 Å². The number of imidazole rings is 1. The average Bonchev–Trinajstić information content (AvgIpc) is 2.85. The van der Waals surface area contributed by atoms with Crippen LogP contribution in [0.3, 0.4) is 0 Å². The van der Waals surface area contributed by atoms with Gasteiger partial charge in [-0.25, -0.2) is 4.98 Å². The van der Waals surface area contributed by atoms with E-state index < -0.39 is 5.97 Å². The van der Waals surface area contributed by atoms with Gasteiger partial charge in [-0.05, 0) is 31.2 Å². The summed E-state index contributed by atoms with van der Waals surface area (Å²) in [6, 6.07) is 7.78. The molecule has 7 heteroatoms. The molecule has 0 bridgehead atoms. The second-order valence-electron chi connectivity index (χ2n) is 5.24. The van der Waals surface area contributed by atoms with Crippen molar-refractivity contribution < 1.29 is 14.7 Å². The average molecular weight is 335 g/mol. The summed E-state index contributed by atoms with van der Waals surface area (Å²) < 4.78 is 1.94. The van der Waals surface area contributed by atoms with Crippen LogP contribution in [0.1, 0.15) is 25.1 Å². The molecule has 1 amide bonds. The molecule has 23 heavy (non-hydrogen) atoms. The van der Waals surface area contributed by atoms with Crippen LogP contribution in [-0.2, 0) is 21.9 Å². The van der Waals surface area contributed by atoms with Crippen molar-refractivity contribution in [3.8, 4) is 0 Å². The molecule has 0 atom stereocenters. The number of para-hydroxylation sites is 2. The Bertz CT molecular complexity index is 684. The van der Waals surface area contributed by atoms with Crippen molar-refractivity contribution in [1.29, 1.82) is 0 Å². The van der Waals surface area contributed by atoms with Gasteiger partial charge in [0, 0.05) is 13.0 Å². The third-order valence-corrected chi connectivity index (χ3v) is 4.00. The van der Waals surface area contributed by atoms with Crippen LogP contribution in [0.25, 0.3) is 11.0 Å². The first-order chi connectivity index (χ1) is 11.1. The largest absolute Gasteiger partial charge is 0.481 e. The number of fused-ring (bicyclic) bond motifs is 1. The Kier molecular flexibility index (Phi) is 6.46. The van der Waals surface area contributed by atoms with Crippen molar-refractivity contribution >= 4 is 34.7 Å². The summed E-state index contributed by atoms with van der Waals surface area (Å²) in [6.07, 6.45) is 3.38. The smallest absolute Gasteiger partial charge is 0.303 e. The number of carbonyl (C=O) groups excluding carboxylic acids is 1. The van der Waals surface area contributed by atoms with Crippen molar-refractivity contribution in [3.63, 3.8) is 0 Å². The van der Waals surface area contributed by atoms with Gasteiger partial charge >= 0.3 is 5.97 Å². The molecule has 2 rings (SSSR count). The first-order valence-electron chi connectivity index (χ1n) is 7.53. The van der Waals surface area contributed by atoms with E-state index in [1.807, 2.05) is 35.1 Å². The van der Waals surface area contributed by atoms with Gasteiger partial charge < -0.3 is 15.0 Å². The van der Waals surface area contributed by atoms with Crippen LogP contribution < -0.4 is 5.32 Å². The highest BCUT2D eigenvalue weighted by Gasteiger charge is 2.12. The molecule has 0 fully saturated rings. The number of amides is 1. The molecule has 0 radical (unpaired) electrons. The summed E-state index contributed by atoms with van der Waals surface area (Å²) in [5.74, 6) is 0.758. The number of nitrogens with zero attached hydrogens (tertiary/aromatic N) is 2. The maximum Gasteiger partial charge on any atom is 0.303 e. The predicted molar refractivity (Wildman–Crippen MR) is 91.4 cm³/mol. The molecular weight excluding hydrogens is 314 g/mol. The Morgan fingerprint density at radius 2 is 2.09 bits per heavy atom. The molecule has 1 aromatic carbocycles. The minimum absolute atomic E-state index is 0.0779. The van der Waals surface area contributed by atoms with Crippen molar-refractivity contribution in [2.75, 3.05) is 12.8 Å². The minimum atomic E-state index is -0.803. The predicted octanol–water partition coefficient (Wildman–Crippen LogP) is 2.27. The number of benzene rings is 1. The normalized spacial score (nSPS) is 10.8. The maximum atomic E-state index is 12.1. The third-order valence-electron chi connectivity index (χ3n) is 3.45. The molecule has 0 aliphatic rings. The lowest BCUT2D eigenvalue weighted by atomic mass is 10.2. The van der Waals surface area contributed by atoms with Crippen molar-refractivity contribution in [2.45, 2.75) is 31.6 Å². The summed E-state index contributed by atoms with van der Waals surface area (Å²) >= 11 is 1.67. The molecule has 0 aliphatic heterocycles. The number of carboxylic acid groups (broad SMARTS) is 1. The number of hydrogen-bond donors (Lipinski definition) is 2. The van der Waals surface area contributed by atoms with Gasteiger partial charge in [0.05, 0.1) is 16.8 Å². The molecule has 0 saturated carbocycles. The fraction of sp³-hybridized carbons (Fsp3) is 0.438. The molecule has 0 unspecified atom stereocenters. The molecule has 0 spiro atoms. The van der Waals surface area contributed by atoms with Gasteiger partial charge in [0.1, 0.15) is 12.4 Å². The van der Waals surface area contributed by atoms with Gasteiger partial charge in [0.25, 0.3) is 0 Å². The zero-order chi connectivity index (χ0) is 16.7. The zero-order valence-electron chi connectivity index (χ0n) is 13.1. The van der Waals surface area contributed by atoms with E-state index in [1.165, 1.54) is 0 Å². The first-order valence-corrected chi connectivity index (χ1v) is 8.92. The SMILES string of the molecule is CSCc1nc2ccccc2n1CC(=O)NCCCCC(=O)O. The number of aromatic nitrogens is 2. The molecule has 1 aromatic heterocycles. The van der Waals surface area contributed by atoms with Crippen molar-refractivity contribution in [2.24, 2.45) is 0 Å². The summed E-state index contributed by atoms with van der Waals surface area (Å²) in [4.78, 5) is 27.1. The Labute approximate surface area is 139 Å². The minimum Gasteiger partial charge on any atom is -0.481 e. The van der Waals surface area contributed by atoms with Crippen LogP contribution >= 0.6 is 11.8 Å². The van der Waals surface area contributed by atoms with Gasteiger partial charge in [0.2, 0.25) is 5.91 Å². The lowest BCUT2D eigenvalue weighted by Gasteiger charge is -2.09. The first kappa shape index (κ1) is 17.3. The number of carboxylic acids is 1. The van der Waals surface area contributed by atoms with E-state index in [1.54, 1.807) is 11.8 Å². The highest BCUT2D eigenvalue weighted by Crippen LogP contribution is 2.18. The standard InChI is InChI=1S/C16H21N3O3S/c1-23-11-14-18-12-6-2-3-7-13(12)19(14)10-15(20)17-9-5-4-8-16(21)22/h2-3,6-7H,4-5,8-11H2,1H3,(H,17,20)(H,21,22). The number of thioether (sulfide) groups is 1. The number of aliphatic carboxylic acids is 1. The van der Waals surface area contributed by atoms with Crippen LogP contribution in [0.5, 0.6) is 0 Å². The van der Waals surface area contributed by atoms with Crippen LogP contribution in [0, 0.1) is 0 Å². The Hall–Kier alpha value is -2.02. The zero-order valence-corrected chi connectivity index (χ0v) is 13.9. The van der Waals surface area contributed by atoms with Crippen LogP contribution in [0.15, 0.2) is 24.3 Å². The number of rotatable bonds is 9. The number of unbranched alkanes of at least 4 members (excludes halogenated alkanes) is 1. The monoisotopic (exact) mass is 335 g/mol. The van der Waals surface area contributed by atoms with E-state index in [0.717, 1.165) is 22.6 Å². The lowest BCUT2D eigenvalue weighted by molar-refractivity contribution is -0.137. The highest BCUT2D eigenvalue weighted by atomic mass is 32.2. The summed E-state index contributed by atoms with van der Waals surface area (Å²) in [5, 5.41) is 11.4. The van der Waals surface area contributed by atoms with Gasteiger partial charge in [-0.3, -0.25) is 9.59 Å². The van der Waals surface area contributed by atoms with E-state index in [0.29, 0.717) is 19.4 Å². The molecule has 124 valence electrons. The van der Waals surface area contributed by atoms with Gasteiger partial charge in [-0.15, -0.1) is 0 Å². The highest BCUT2D eigenvalue weighted by molar-refractivity contribution is 7.97. The van der Waals surface area contributed by atoms with E-state index in [-0.39, 0.29) is 18.9 Å². The van der Waals surface area contributed by atoms with Gasteiger partial charge in [0.15, 0.2) is 0 Å². The van der Waals surface area contributed by atoms with Crippen LogP contribution in [0.4, 0.5) is 0 Å². The van der Waals surface area contributed by atoms with Gasteiger partial charge in [-0.2, -0.15) is 11.8 Å². The molecule has 0 aliphatic carbocycles. The number of hydrogen-bond acceptors (Lipinski definition) is 4. The molecule has 0 saturated heterocycles. The summed E-state index contributed by atoms with van der Waals surface area (Å²) in [7, 11) is 0.